The third-order valence-electron chi connectivity index (χ3n) is 3.16. The molecule has 2 rings (SSSR count). The van der Waals surface area contributed by atoms with Gasteiger partial charge < -0.3 is 10.2 Å². The Morgan fingerprint density at radius 3 is 2.67 bits per heavy atom. The van der Waals surface area contributed by atoms with Crippen molar-refractivity contribution in [2.24, 2.45) is 0 Å². The molecule has 1 N–H and O–H groups in total. The van der Waals surface area contributed by atoms with E-state index in [0.29, 0.717) is 0 Å². The molecule has 1 aliphatic rings. The van der Waals surface area contributed by atoms with Crippen LogP contribution >= 0.6 is 22.6 Å². The van der Waals surface area contributed by atoms with Crippen LogP contribution in [0.1, 0.15) is 39.0 Å². The van der Waals surface area contributed by atoms with Crippen molar-refractivity contribution in [2.75, 3.05) is 29.9 Å². The first-order valence-electron chi connectivity index (χ1n) is 6.82. The van der Waals surface area contributed by atoms with Gasteiger partial charge in [-0.2, -0.15) is 4.98 Å². The Balaban J connectivity index is 2.11. The third kappa shape index (κ3) is 3.70. The lowest BCUT2D eigenvalue weighted by Crippen LogP contribution is -2.26. The highest BCUT2D eigenvalue weighted by molar-refractivity contribution is 14.1. The van der Waals surface area contributed by atoms with Crippen molar-refractivity contribution >= 4 is 34.4 Å². The molecule has 5 heteroatoms. The average Bonchev–Trinajstić information content (AvgIpc) is 2.67. The van der Waals surface area contributed by atoms with E-state index in [1.54, 1.807) is 0 Å². The molecule has 1 aliphatic heterocycles. The molecule has 1 saturated heterocycles. The van der Waals surface area contributed by atoms with Crippen molar-refractivity contribution in [1.82, 2.24) is 9.97 Å². The van der Waals surface area contributed by atoms with Gasteiger partial charge in [0.25, 0.3) is 0 Å². The average molecular weight is 360 g/mol. The quantitative estimate of drug-likeness (QED) is 0.837. The van der Waals surface area contributed by atoms with E-state index in [9.17, 15) is 0 Å². The van der Waals surface area contributed by atoms with Crippen LogP contribution in [0, 0.1) is 3.57 Å². The maximum absolute atomic E-state index is 4.67. The van der Waals surface area contributed by atoms with Gasteiger partial charge in [-0.15, -0.1) is 0 Å². The van der Waals surface area contributed by atoms with Gasteiger partial charge in [0, 0.05) is 25.8 Å². The molecule has 1 aromatic heterocycles. The second kappa shape index (κ2) is 7.11. The van der Waals surface area contributed by atoms with Crippen molar-refractivity contribution in [2.45, 2.75) is 39.0 Å². The van der Waals surface area contributed by atoms with Gasteiger partial charge in [0.05, 0.1) is 3.57 Å². The number of nitrogens with one attached hydrogen (secondary N) is 1. The normalized spacial score (nSPS) is 16.4. The number of anilines is 2. The Bertz CT molecular complexity index is 375. The zero-order chi connectivity index (χ0) is 12.8. The number of rotatable bonds is 4. The van der Waals surface area contributed by atoms with Gasteiger partial charge >= 0.3 is 0 Å². The number of nitrogens with zero attached hydrogens (tertiary/aromatic N) is 3. The predicted octanol–water partition coefficient (Wildman–Crippen LogP) is 3.28. The highest BCUT2D eigenvalue weighted by Crippen LogP contribution is 2.20. The van der Waals surface area contributed by atoms with Gasteiger partial charge in [-0.3, -0.25) is 0 Å². The highest BCUT2D eigenvalue weighted by atomic mass is 127. The van der Waals surface area contributed by atoms with Crippen LogP contribution < -0.4 is 10.2 Å². The molecule has 0 amide bonds. The molecule has 100 valence electrons. The van der Waals surface area contributed by atoms with Gasteiger partial charge in [0.1, 0.15) is 5.82 Å². The van der Waals surface area contributed by atoms with Crippen LogP contribution in [0.15, 0.2) is 6.20 Å². The SMILES string of the molecule is CCCNc1nc(N2CCCCCC2)ncc1I. The Morgan fingerprint density at radius 2 is 2.00 bits per heavy atom. The Hall–Kier alpha value is -0.590. The second-order valence-electron chi connectivity index (χ2n) is 4.69. The zero-order valence-electron chi connectivity index (χ0n) is 11.0. The van der Waals surface area contributed by atoms with Crippen LogP contribution in [0.25, 0.3) is 0 Å². The largest absolute Gasteiger partial charge is 0.369 e. The van der Waals surface area contributed by atoms with Crippen molar-refractivity contribution in [3.63, 3.8) is 0 Å². The summed E-state index contributed by atoms with van der Waals surface area (Å²) < 4.78 is 1.10. The van der Waals surface area contributed by atoms with Crippen LogP contribution in [0.2, 0.25) is 0 Å². The molecule has 0 aliphatic carbocycles. The van der Waals surface area contributed by atoms with Crippen LogP contribution in [0.5, 0.6) is 0 Å². The number of hydrogen-bond donors (Lipinski definition) is 1. The van der Waals surface area contributed by atoms with E-state index < -0.39 is 0 Å². The molecule has 1 aromatic rings. The third-order valence-corrected chi connectivity index (χ3v) is 3.95. The molecule has 0 saturated carbocycles. The summed E-state index contributed by atoms with van der Waals surface area (Å²) in [5, 5.41) is 3.37. The minimum absolute atomic E-state index is 0.885. The highest BCUT2D eigenvalue weighted by Gasteiger charge is 2.13. The predicted molar refractivity (Wildman–Crippen MR) is 84.2 cm³/mol. The lowest BCUT2D eigenvalue weighted by molar-refractivity contribution is 0.726. The lowest BCUT2D eigenvalue weighted by atomic mass is 10.2. The summed E-state index contributed by atoms with van der Waals surface area (Å²) in [5.74, 6) is 1.86. The first kappa shape index (κ1) is 13.8. The summed E-state index contributed by atoms with van der Waals surface area (Å²) in [5.41, 5.74) is 0. The van der Waals surface area contributed by atoms with Gasteiger partial charge in [0.15, 0.2) is 0 Å². The molecule has 2 heterocycles. The van der Waals surface area contributed by atoms with Crippen molar-refractivity contribution < 1.29 is 0 Å². The molecular weight excluding hydrogens is 339 g/mol. The minimum atomic E-state index is 0.885. The number of hydrogen-bond acceptors (Lipinski definition) is 4. The van der Waals surface area contributed by atoms with E-state index in [0.717, 1.165) is 41.4 Å². The van der Waals surface area contributed by atoms with Gasteiger partial charge in [-0.1, -0.05) is 19.8 Å². The first-order chi connectivity index (χ1) is 8.81. The molecule has 0 bridgehead atoms. The van der Waals surface area contributed by atoms with Crippen molar-refractivity contribution in [1.29, 1.82) is 0 Å². The van der Waals surface area contributed by atoms with Crippen molar-refractivity contribution in [3.8, 4) is 0 Å². The molecule has 0 radical (unpaired) electrons. The fourth-order valence-electron chi connectivity index (χ4n) is 2.15. The summed E-state index contributed by atoms with van der Waals surface area (Å²) in [7, 11) is 0. The van der Waals surface area contributed by atoms with Crippen LogP contribution in [0.3, 0.4) is 0 Å². The molecule has 1 fully saturated rings. The number of halogens is 1. The summed E-state index contributed by atoms with van der Waals surface area (Å²) in [4.78, 5) is 11.5. The van der Waals surface area contributed by atoms with E-state index >= 15 is 0 Å². The maximum Gasteiger partial charge on any atom is 0.227 e. The fraction of sp³-hybridized carbons (Fsp3) is 0.692. The maximum atomic E-state index is 4.67. The van der Waals surface area contributed by atoms with Gasteiger partial charge in [0.2, 0.25) is 5.95 Å². The molecule has 0 spiro atoms. The van der Waals surface area contributed by atoms with E-state index in [1.165, 1.54) is 25.7 Å². The first-order valence-corrected chi connectivity index (χ1v) is 7.90. The van der Waals surface area contributed by atoms with Gasteiger partial charge in [-0.05, 0) is 41.9 Å². The molecule has 0 atom stereocenters. The van der Waals surface area contributed by atoms with Crippen LogP contribution in [-0.4, -0.2) is 29.6 Å². The van der Waals surface area contributed by atoms with Crippen LogP contribution in [-0.2, 0) is 0 Å². The van der Waals surface area contributed by atoms with E-state index in [4.69, 9.17) is 0 Å². The standard InChI is InChI=1S/C13H21IN4/c1-2-7-15-12-11(14)10-16-13(17-12)18-8-5-3-4-6-9-18/h10H,2-9H2,1H3,(H,15,16,17). The fourth-order valence-corrected chi connectivity index (χ4v) is 2.60. The van der Waals surface area contributed by atoms with E-state index in [2.05, 4.69) is 49.7 Å². The number of aromatic nitrogens is 2. The van der Waals surface area contributed by atoms with E-state index in [1.807, 2.05) is 6.20 Å². The van der Waals surface area contributed by atoms with Crippen molar-refractivity contribution in [3.05, 3.63) is 9.77 Å². The molecule has 4 nitrogen and oxygen atoms in total. The smallest absolute Gasteiger partial charge is 0.227 e. The summed E-state index contributed by atoms with van der Waals surface area (Å²) in [6.07, 6.45) is 8.22. The molecule has 0 aromatic carbocycles. The molecule has 0 unspecified atom stereocenters. The summed E-state index contributed by atoms with van der Waals surface area (Å²) >= 11 is 2.29. The Morgan fingerprint density at radius 1 is 1.28 bits per heavy atom. The van der Waals surface area contributed by atoms with Crippen LogP contribution in [0.4, 0.5) is 11.8 Å². The molecular formula is C13H21IN4. The minimum Gasteiger partial charge on any atom is -0.369 e. The Kier molecular flexibility index (Phi) is 5.46. The van der Waals surface area contributed by atoms with Gasteiger partial charge in [-0.25, -0.2) is 4.98 Å². The lowest BCUT2D eigenvalue weighted by Gasteiger charge is -2.21. The Labute approximate surface area is 123 Å². The van der Waals surface area contributed by atoms with E-state index in [-0.39, 0.29) is 0 Å². The summed E-state index contributed by atoms with van der Waals surface area (Å²) in [6.45, 7) is 5.31. The molecule has 18 heavy (non-hydrogen) atoms. The zero-order valence-corrected chi connectivity index (χ0v) is 13.1. The topological polar surface area (TPSA) is 41.1 Å². The second-order valence-corrected chi connectivity index (χ2v) is 5.86. The monoisotopic (exact) mass is 360 g/mol. The summed E-state index contributed by atoms with van der Waals surface area (Å²) in [6, 6.07) is 0.